The molecule has 0 aliphatic carbocycles. The number of hydrogen-bond donors (Lipinski definition) is 1. The van der Waals surface area contributed by atoms with Gasteiger partial charge in [0.05, 0.1) is 20.6 Å². The van der Waals surface area contributed by atoms with E-state index in [1.165, 1.54) is 7.11 Å². The number of ether oxygens (including phenoxy) is 2. The number of benzene rings is 2. The van der Waals surface area contributed by atoms with Crippen LogP contribution < -0.4 is 10.1 Å². The molecule has 0 bridgehead atoms. The first kappa shape index (κ1) is 18.4. The minimum Gasteiger partial charge on any atom is -0.497 e. The van der Waals surface area contributed by atoms with E-state index >= 15 is 0 Å². The first-order chi connectivity index (χ1) is 11.9. The molecule has 0 spiro atoms. The average Bonchev–Trinajstić information content (AvgIpc) is 2.62. The van der Waals surface area contributed by atoms with Crippen LogP contribution in [0.3, 0.4) is 0 Å². The van der Waals surface area contributed by atoms with Crippen molar-refractivity contribution in [2.75, 3.05) is 14.2 Å². The van der Waals surface area contributed by atoms with Gasteiger partial charge in [-0.1, -0.05) is 12.1 Å². The molecule has 0 heterocycles. The van der Waals surface area contributed by atoms with Crippen molar-refractivity contribution >= 4 is 11.9 Å². The molecule has 0 radical (unpaired) electrons. The maximum atomic E-state index is 13.9. The van der Waals surface area contributed by atoms with Crippen LogP contribution in [-0.4, -0.2) is 26.1 Å². The molecule has 0 saturated carbocycles. The number of carbonyl (C=O) groups is 2. The fourth-order valence-corrected chi connectivity index (χ4v) is 2.26. The third kappa shape index (κ3) is 4.76. The van der Waals surface area contributed by atoms with Gasteiger partial charge in [-0.3, -0.25) is 4.79 Å². The third-order valence-electron chi connectivity index (χ3n) is 3.53. The maximum absolute atomic E-state index is 13.9. The van der Waals surface area contributed by atoms with Crippen molar-refractivity contribution in [3.8, 4) is 5.75 Å². The average molecular weight is 349 g/mol. The lowest BCUT2D eigenvalue weighted by atomic mass is 10.0. The van der Waals surface area contributed by atoms with Crippen LogP contribution in [0, 0.1) is 11.6 Å². The molecule has 2 aromatic rings. The highest BCUT2D eigenvalue weighted by Gasteiger charge is 2.27. The summed E-state index contributed by atoms with van der Waals surface area (Å²) in [7, 11) is 2.62. The molecule has 7 heteroatoms. The summed E-state index contributed by atoms with van der Waals surface area (Å²) in [6, 6.07) is 7.97. The highest BCUT2D eigenvalue weighted by Crippen LogP contribution is 2.20. The lowest BCUT2D eigenvalue weighted by molar-refractivity contribution is -0.145. The molecule has 0 fully saturated rings. The summed E-state index contributed by atoms with van der Waals surface area (Å²) in [6.45, 7) is 0. The molecule has 25 heavy (non-hydrogen) atoms. The van der Waals surface area contributed by atoms with E-state index in [0.717, 1.165) is 25.3 Å². The molecule has 1 N–H and O–H groups in total. The summed E-state index contributed by atoms with van der Waals surface area (Å²) in [4.78, 5) is 24.1. The van der Waals surface area contributed by atoms with Gasteiger partial charge in [-0.25, -0.2) is 13.6 Å². The summed E-state index contributed by atoms with van der Waals surface area (Å²) in [5.41, 5.74) is 0.372. The Morgan fingerprint density at radius 1 is 1.08 bits per heavy atom. The van der Waals surface area contributed by atoms with Crippen molar-refractivity contribution < 1.29 is 27.8 Å². The number of carbonyl (C=O) groups excluding carboxylic acids is 2. The Morgan fingerprint density at radius 3 is 2.36 bits per heavy atom. The van der Waals surface area contributed by atoms with Crippen LogP contribution in [0.2, 0.25) is 0 Å². The molecule has 0 aliphatic heterocycles. The normalized spacial score (nSPS) is 11.5. The lowest BCUT2D eigenvalue weighted by Gasteiger charge is -2.17. The molecule has 2 rings (SSSR count). The zero-order chi connectivity index (χ0) is 18.4. The fourth-order valence-electron chi connectivity index (χ4n) is 2.26. The van der Waals surface area contributed by atoms with E-state index in [1.54, 1.807) is 24.3 Å². The number of halogens is 2. The lowest BCUT2D eigenvalue weighted by Crippen LogP contribution is -2.36. The fraction of sp³-hybridized carbons (Fsp3) is 0.222. The predicted molar refractivity (Wildman–Crippen MR) is 86.0 cm³/mol. The molecule has 0 aliphatic rings. The number of esters is 1. The standard InChI is InChI=1S/C18H17F2NO4/c1-24-13-6-3-11(4-7-13)9-16(22)21-17(18(23)25-2)14-10-12(19)5-8-15(14)20/h3-8,10,17H,9H2,1-2H3,(H,21,22)/t17-/m0/s1. The number of hydrogen-bond acceptors (Lipinski definition) is 4. The summed E-state index contributed by atoms with van der Waals surface area (Å²) < 4.78 is 36.9. The summed E-state index contributed by atoms with van der Waals surface area (Å²) >= 11 is 0. The van der Waals surface area contributed by atoms with E-state index < -0.39 is 29.6 Å². The van der Waals surface area contributed by atoms with E-state index in [4.69, 9.17) is 4.74 Å². The van der Waals surface area contributed by atoms with Gasteiger partial charge in [0.25, 0.3) is 0 Å². The van der Waals surface area contributed by atoms with Crippen LogP contribution in [0.1, 0.15) is 17.2 Å². The van der Waals surface area contributed by atoms with Crippen LogP contribution in [0.25, 0.3) is 0 Å². The molecule has 132 valence electrons. The zero-order valence-corrected chi connectivity index (χ0v) is 13.7. The minimum atomic E-state index is -1.44. The molecule has 0 unspecified atom stereocenters. The Morgan fingerprint density at radius 2 is 1.76 bits per heavy atom. The van der Waals surface area contributed by atoms with Crippen molar-refractivity contribution in [2.45, 2.75) is 12.5 Å². The Hall–Kier alpha value is -2.96. The number of methoxy groups -OCH3 is 2. The van der Waals surface area contributed by atoms with E-state index in [0.29, 0.717) is 11.3 Å². The van der Waals surface area contributed by atoms with Crippen molar-refractivity contribution in [3.05, 3.63) is 65.2 Å². The number of nitrogens with one attached hydrogen (secondary N) is 1. The van der Waals surface area contributed by atoms with E-state index in [1.807, 2.05) is 0 Å². The topological polar surface area (TPSA) is 64.6 Å². The van der Waals surface area contributed by atoms with Gasteiger partial charge in [0.1, 0.15) is 17.4 Å². The van der Waals surface area contributed by atoms with Crippen LogP contribution in [-0.2, 0) is 20.7 Å². The largest absolute Gasteiger partial charge is 0.497 e. The van der Waals surface area contributed by atoms with Crippen LogP contribution >= 0.6 is 0 Å². The Kier molecular flexibility index (Phi) is 6.05. The molecular weight excluding hydrogens is 332 g/mol. The second-order valence-corrected chi connectivity index (χ2v) is 5.21. The highest BCUT2D eigenvalue weighted by atomic mass is 19.1. The van der Waals surface area contributed by atoms with Gasteiger partial charge in [0.15, 0.2) is 6.04 Å². The zero-order valence-electron chi connectivity index (χ0n) is 13.7. The van der Waals surface area contributed by atoms with Gasteiger partial charge in [0.2, 0.25) is 5.91 Å². The van der Waals surface area contributed by atoms with Crippen LogP contribution in [0.4, 0.5) is 8.78 Å². The van der Waals surface area contributed by atoms with Crippen molar-refractivity contribution in [1.82, 2.24) is 5.32 Å². The quantitative estimate of drug-likeness (QED) is 0.814. The summed E-state index contributed by atoms with van der Waals surface area (Å²) in [5, 5.41) is 2.38. The Labute approximate surface area is 143 Å². The smallest absolute Gasteiger partial charge is 0.333 e. The second kappa shape index (κ2) is 8.23. The van der Waals surface area contributed by atoms with E-state index in [9.17, 15) is 18.4 Å². The van der Waals surface area contributed by atoms with Crippen LogP contribution in [0.5, 0.6) is 5.75 Å². The predicted octanol–water partition coefficient (Wildman–Crippen LogP) is 2.55. The highest BCUT2D eigenvalue weighted by molar-refractivity contribution is 5.86. The molecule has 0 saturated heterocycles. The first-order valence-corrected chi connectivity index (χ1v) is 7.39. The number of amides is 1. The van der Waals surface area contributed by atoms with Gasteiger partial charge in [-0.2, -0.15) is 0 Å². The number of rotatable bonds is 6. The van der Waals surface area contributed by atoms with Gasteiger partial charge in [-0.05, 0) is 35.9 Å². The van der Waals surface area contributed by atoms with E-state index in [2.05, 4.69) is 10.1 Å². The SMILES string of the molecule is COC(=O)[C@@H](NC(=O)Cc1ccc(OC)cc1)c1cc(F)ccc1F. The first-order valence-electron chi connectivity index (χ1n) is 7.39. The summed E-state index contributed by atoms with van der Waals surface area (Å²) in [6.07, 6.45) is -0.0472. The van der Waals surface area contributed by atoms with Gasteiger partial charge in [0, 0.05) is 5.56 Å². The molecule has 1 atom stereocenters. The maximum Gasteiger partial charge on any atom is 0.333 e. The van der Waals surface area contributed by atoms with Gasteiger partial charge in [-0.15, -0.1) is 0 Å². The van der Waals surface area contributed by atoms with Crippen molar-refractivity contribution in [1.29, 1.82) is 0 Å². The van der Waals surface area contributed by atoms with Crippen LogP contribution in [0.15, 0.2) is 42.5 Å². The van der Waals surface area contributed by atoms with Crippen molar-refractivity contribution in [3.63, 3.8) is 0 Å². The van der Waals surface area contributed by atoms with Gasteiger partial charge >= 0.3 is 5.97 Å². The van der Waals surface area contributed by atoms with E-state index in [-0.39, 0.29) is 12.0 Å². The molecule has 1 amide bonds. The molecule has 5 nitrogen and oxygen atoms in total. The second-order valence-electron chi connectivity index (χ2n) is 5.21. The molecular formula is C18H17F2NO4. The molecule has 0 aromatic heterocycles. The Bertz CT molecular complexity index is 762. The minimum absolute atomic E-state index is 0.0472. The van der Waals surface area contributed by atoms with Crippen molar-refractivity contribution in [2.24, 2.45) is 0 Å². The molecule has 2 aromatic carbocycles. The monoisotopic (exact) mass is 349 g/mol. The van der Waals surface area contributed by atoms with Gasteiger partial charge < -0.3 is 14.8 Å². The Balaban J connectivity index is 2.17. The third-order valence-corrected chi connectivity index (χ3v) is 3.53. The summed E-state index contributed by atoms with van der Waals surface area (Å²) in [5.74, 6) is -2.34.